The van der Waals surface area contributed by atoms with Crippen molar-refractivity contribution in [2.24, 2.45) is 11.7 Å². The number of rotatable bonds is 4. The lowest BCUT2D eigenvalue weighted by Gasteiger charge is -2.48. The number of benzene rings is 1. The molecular formula is C16H21F2NO2. The van der Waals surface area contributed by atoms with Gasteiger partial charge in [-0.25, -0.2) is 0 Å². The van der Waals surface area contributed by atoms with Crippen molar-refractivity contribution in [3.05, 3.63) is 29.8 Å². The van der Waals surface area contributed by atoms with Crippen molar-refractivity contribution in [1.82, 2.24) is 0 Å². The molecule has 3 rings (SSSR count). The Morgan fingerprint density at radius 2 is 1.95 bits per heavy atom. The molecule has 1 heterocycles. The predicted molar refractivity (Wildman–Crippen MR) is 75.3 cm³/mol. The summed E-state index contributed by atoms with van der Waals surface area (Å²) in [6, 6.07) is 6.60. The third kappa shape index (κ3) is 3.19. The zero-order chi connectivity index (χ0) is 14.9. The summed E-state index contributed by atoms with van der Waals surface area (Å²) in [6.07, 6.45) is 5.47. The molecule has 1 saturated heterocycles. The van der Waals surface area contributed by atoms with Crippen LogP contribution in [0.25, 0.3) is 0 Å². The van der Waals surface area contributed by atoms with E-state index < -0.39 is 6.61 Å². The van der Waals surface area contributed by atoms with Crippen LogP contribution in [0.15, 0.2) is 24.3 Å². The summed E-state index contributed by atoms with van der Waals surface area (Å²) in [5, 5.41) is 0. The van der Waals surface area contributed by atoms with Crippen LogP contribution in [0.2, 0.25) is 0 Å². The summed E-state index contributed by atoms with van der Waals surface area (Å²) >= 11 is 0. The maximum absolute atomic E-state index is 12.1. The van der Waals surface area contributed by atoms with Gasteiger partial charge in [-0.15, -0.1) is 0 Å². The number of hydrogen-bond donors (Lipinski definition) is 1. The Labute approximate surface area is 123 Å². The molecule has 1 aliphatic carbocycles. The van der Waals surface area contributed by atoms with Gasteiger partial charge in [0.05, 0.1) is 5.60 Å². The van der Waals surface area contributed by atoms with E-state index in [1.165, 1.54) is 6.42 Å². The highest BCUT2D eigenvalue weighted by molar-refractivity contribution is 5.29. The summed E-state index contributed by atoms with van der Waals surface area (Å²) in [6.45, 7) is -2.02. The minimum Gasteiger partial charge on any atom is -0.435 e. The highest BCUT2D eigenvalue weighted by Crippen LogP contribution is 2.46. The largest absolute Gasteiger partial charge is 0.435 e. The molecule has 5 heteroatoms. The Bertz CT molecular complexity index is 474. The van der Waals surface area contributed by atoms with Gasteiger partial charge < -0.3 is 15.2 Å². The van der Waals surface area contributed by atoms with E-state index in [4.69, 9.17) is 10.5 Å². The van der Waals surface area contributed by atoms with Gasteiger partial charge >= 0.3 is 6.61 Å². The zero-order valence-electron chi connectivity index (χ0n) is 11.9. The number of hydrogen-bond acceptors (Lipinski definition) is 3. The van der Waals surface area contributed by atoms with Gasteiger partial charge in [-0.1, -0.05) is 12.1 Å². The quantitative estimate of drug-likeness (QED) is 0.923. The molecule has 21 heavy (non-hydrogen) atoms. The fraction of sp³-hybridized carbons (Fsp3) is 0.625. The van der Waals surface area contributed by atoms with Crippen LogP contribution in [-0.4, -0.2) is 18.8 Å². The molecule has 2 unspecified atom stereocenters. The number of halogens is 2. The van der Waals surface area contributed by atoms with Crippen LogP contribution in [0, 0.1) is 5.92 Å². The van der Waals surface area contributed by atoms with Gasteiger partial charge in [0.2, 0.25) is 0 Å². The summed E-state index contributed by atoms with van der Waals surface area (Å²) in [5.41, 5.74) is 7.42. The number of nitrogens with two attached hydrogens (primary N) is 1. The molecule has 116 valence electrons. The third-order valence-corrected chi connectivity index (χ3v) is 4.79. The van der Waals surface area contributed by atoms with Gasteiger partial charge in [-0.3, -0.25) is 0 Å². The first-order valence-corrected chi connectivity index (χ1v) is 7.52. The monoisotopic (exact) mass is 297 g/mol. The van der Waals surface area contributed by atoms with Gasteiger partial charge in [0, 0.05) is 12.6 Å². The average molecular weight is 297 g/mol. The van der Waals surface area contributed by atoms with E-state index in [1.54, 1.807) is 24.3 Å². The highest BCUT2D eigenvalue weighted by atomic mass is 19.3. The van der Waals surface area contributed by atoms with E-state index in [0.29, 0.717) is 5.92 Å². The van der Waals surface area contributed by atoms with E-state index in [9.17, 15) is 8.78 Å². The summed E-state index contributed by atoms with van der Waals surface area (Å²) in [5.74, 6) is 0.560. The zero-order valence-corrected chi connectivity index (χ0v) is 11.9. The molecule has 3 nitrogen and oxygen atoms in total. The molecule has 1 spiro atoms. The Morgan fingerprint density at radius 3 is 2.52 bits per heavy atom. The Kier molecular flexibility index (Phi) is 4.13. The number of ether oxygens (including phenoxy) is 2. The predicted octanol–water partition coefficient (Wildman–Crippen LogP) is 3.64. The molecule has 0 aromatic heterocycles. The molecule has 2 atom stereocenters. The van der Waals surface area contributed by atoms with E-state index >= 15 is 0 Å². The molecular weight excluding hydrogens is 276 g/mol. The second-order valence-corrected chi connectivity index (χ2v) is 6.11. The van der Waals surface area contributed by atoms with Crippen LogP contribution in [-0.2, 0) is 4.74 Å². The summed E-state index contributed by atoms with van der Waals surface area (Å²) in [4.78, 5) is 0. The van der Waals surface area contributed by atoms with Crippen molar-refractivity contribution in [2.75, 3.05) is 6.61 Å². The molecule has 0 radical (unpaired) electrons. The average Bonchev–Trinajstić information content (AvgIpc) is 2.45. The second kappa shape index (κ2) is 5.89. The van der Waals surface area contributed by atoms with Crippen LogP contribution in [0.4, 0.5) is 8.78 Å². The van der Waals surface area contributed by atoms with Gasteiger partial charge in [0.15, 0.2) is 0 Å². The SMILES string of the molecule is NC(c1ccc(OC(F)F)cc1)C1CCOC2(CCC2)C1. The van der Waals surface area contributed by atoms with Gasteiger partial charge in [0.1, 0.15) is 5.75 Å². The minimum atomic E-state index is -2.79. The maximum Gasteiger partial charge on any atom is 0.387 e. The van der Waals surface area contributed by atoms with Crippen LogP contribution < -0.4 is 10.5 Å². The van der Waals surface area contributed by atoms with Crippen molar-refractivity contribution < 1.29 is 18.3 Å². The normalized spacial score (nSPS) is 25.6. The molecule has 1 saturated carbocycles. The molecule has 0 amide bonds. The topological polar surface area (TPSA) is 44.5 Å². The van der Waals surface area contributed by atoms with Gasteiger partial charge in [-0.05, 0) is 55.7 Å². The van der Waals surface area contributed by atoms with Gasteiger partial charge in [0.25, 0.3) is 0 Å². The Morgan fingerprint density at radius 1 is 1.24 bits per heavy atom. The fourth-order valence-corrected chi connectivity index (χ4v) is 3.44. The lowest BCUT2D eigenvalue weighted by atomic mass is 9.70. The standard InChI is InChI=1S/C16H21F2NO2/c17-15(18)21-13-4-2-11(3-5-13)14(19)12-6-9-20-16(10-12)7-1-8-16/h2-5,12,14-15H,1,6-10,19H2. The van der Waals surface area contributed by atoms with Crippen LogP contribution in [0.1, 0.15) is 43.7 Å². The van der Waals surface area contributed by atoms with E-state index in [2.05, 4.69) is 4.74 Å². The first-order chi connectivity index (χ1) is 10.1. The molecule has 2 N–H and O–H groups in total. The van der Waals surface area contributed by atoms with Crippen molar-refractivity contribution >= 4 is 0 Å². The highest BCUT2D eigenvalue weighted by Gasteiger charge is 2.43. The Hall–Kier alpha value is -1.20. The number of alkyl halides is 2. The lowest BCUT2D eigenvalue weighted by molar-refractivity contribution is -0.146. The first-order valence-electron chi connectivity index (χ1n) is 7.52. The van der Waals surface area contributed by atoms with E-state index in [0.717, 1.165) is 37.9 Å². The first kappa shape index (κ1) is 14.7. The second-order valence-electron chi connectivity index (χ2n) is 6.11. The third-order valence-electron chi connectivity index (χ3n) is 4.79. The minimum absolute atomic E-state index is 0.0687. The molecule has 2 fully saturated rings. The van der Waals surface area contributed by atoms with Crippen molar-refractivity contribution in [3.63, 3.8) is 0 Å². The summed E-state index contributed by atoms with van der Waals surface area (Å²) < 4.78 is 34.6. The molecule has 1 aromatic carbocycles. The Balaban J connectivity index is 1.65. The molecule has 1 aromatic rings. The smallest absolute Gasteiger partial charge is 0.387 e. The van der Waals surface area contributed by atoms with Crippen LogP contribution in [0.3, 0.4) is 0 Å². The van der Waals surface area contributed by atoms with Gasteiger partial charge in [-0.2, -0.15) is 8.78 Å². The van der Waals surface area contributed by atoms with E-state index in [1.807, 2.05) is 0 Å². The van der Waals surface area contributed by atoms with E-state index in [-0.39, 0.29) is 17.4 Å². The molecule has 0 bridgehead atoms. The van der Waals surface area contributed by atoms with Crippen molar-refractivity contribution in [1.29, 1.82) is 0 Å². The summed E-state index contributed by atoms with van der Waals surface area (Å²) in [7, 11) is 0. The molecule has 2 aliphatic rings. The van der Waals surface area contributed by atoms with Crippen molar-refractivity contribution in [2.45, 2.75) is 50.4 Å². The maximum atomic E-state index is 12.1. The lowest BCUT2D eigenvalue weighted by Crippen LogP contribution is -2.47. The van der Waals surface area contributed by atoms with Crippen molar-refractivity contribution in [3.8, 4) is 5.75 Å². The fourth-order valence-electron chi connectivity index (χ4n) is 3.44. The van der Waals surface area contributed by atoms with Crippen LogP contribution >= 0.6 is 0 Å². The molecule has 1 aliphatic heterocycles. The van der Waals surface area contributed by atoms with Crippen LogP contribution in [0.5, 0.6) is 5.75 Å².